The number of rotatable bonds is 6. The maximum absolute atomic E-state index is 12.7. The number of carbonyl (C=O) groups excluding carboxylic acids is 2. The fourth-order valence-corrected chi connectivity index (χ4v) is 4.87. The third kappa shape index (κ3) is 4.17. The molecule has 2 aromatic carbocycles. The van der Waals surface area contributed by atoms with E-state index in [1.807, 2.05) is 72.3 Å². The number of hydrogen-bond donors (Lipinski definition) is 1. The van der Waals surface area contributed by atoms with Crippen molar-refractivity contribution in [2.75, 3.05) is 0 Å². The molecule has 1 aliphatic heterocycles. The molecule has 1 fully saturated rings. The maximum atomic E-state index is 12.7. The van der Waals surface area contributed by atoms with Crippen LogP contribution in [-0.2, 0) is 16.1 Å². The van der Waals surface area contributed by atoms with Gasteiger partial charge >= 0.3 is 0 Å². The molecule has 8 heteroatoms. The number of amides is 2. The molecule has 4 aromatic rings. The van der Waals surface area contributed by atoms with Crippen molar-refractivity contribution in [3.63, 3.8) is 0 Å². The smallest absolute Gasteiger partial charge is 0.258 e. The molecule has 2 amide bonds. The molecule has 1 saturated heterocycles. The molecule has 0 aliphatic carbocycles. The Balaban J connectivity index is 1.42. The van der Waals surface area contributed by atoms with Crippen LogP contribution in [0.2, 0.25) is 0 Å². The van der Waals surface area contributed by atoms with Crippen LogP contribution in [0.5, 0.6) is 0 Å². The van der Waals surface area contributed by atoms with Crippen molar-refractivity contribution in [3.8, 4) is 22.8 Å². The van der Waals surface area contributed by atoms with E-state index in [2.05, 4.69) is 10.1 Å². The molecule has 1 aliphatic rings. The largest absolute Gasteiger partial charge is 0.369 e. The molecule has 5 rings (SSSR count). The van der Waals surface area contributed by atoms with E-state index in [0.29, 0.717) is 18.3 Å². The number of nitrogens with two attached hydrogens (primary N) is 1. The lowest BCUT2D eigenvalue weighted by Crippen LogP contribution is -2.32. The van der Waals surface area contributed by atoms with Crippen LogP contribution >= 0.6 is 11.3 Å². The van der Waals surface area contributed by atoms with E-state index >= 15 is 0 Å². The minimum absolute atomic E-state index is 0.0706. The zero-order chi connectivity index (χ0) is 22.9. The molecule has 3 heterocycles. The number of likely N-dealkylation sites (tertiary alicyclic amines) is 1. The molecule has 2 atom stereocenters. The molecule has 2 aromatic heterocycles. The van der Waals surface area contributed by atoms with Crippen molar-refractivity contribution >= 4 is 23.2 Å². The lowest BCUT2D eigenvalue weighted by atomic mass is 9.92. The summed E-state index contributed by atoms with van der Waals surface area (Å²) in [4.78, 5) is 31.1. The Morgan fingerprint density at radius 1 is 1.12 bits per heavy atom. The standard InChI is InChI=1S/C25H22N4O3S/c1-15-2-4-18(5-3-15)24-27-25(32-28-24)19-8-6-17(7-9-19)22-20(23(26)31)12-21(30)29(22)13-16-10-11-33-14-16/h2-11,14,20,22H,12-13H2,1H3,(H2,26,31). The summed E-state index contributed by atoms with van der Waals surface area (Å²) in [6.45, 7) is 2.47. The van der Waals surface area contributed by atoms with Crippen molar-refractivity contribution < 1.29 is 14.1 Å². The van der Waals surface area contributed by atoms with Crippen LogP contribution in [0.15, 0.2) is 69.9 Å². The summed E-state index contributed by atoms with van der Waals surface area (Å²) in [5, 5.41) is 8.07. The van der Waals surface area contributed by atoms with Crippen LogP contribution in [0.1, 0.15) is 29.2 Å². The van der Waals surface area contributed by atoms with Crippen molar-refractivity contribution in [2.24, 2.45) is 11.7 Å². The van der Waals surface area contributed by atoms with Gasteiger partial charge in [0.15, 0.2) is 0 Å². The summed E-state index contributed by atoms with van der Waals surface area (Å²) in [5.41, 5.74) is 10.3. The monoisotopic (exact) mass is 458 g/mol. The minimum Gasteiger partial charge on any atom is -0.369 e. The zero-order valence-corrected chi connectivity index (χ0v) is 18.8. The highest BCUT2D eigenvalue weighted by atomic mass is 32.1. The fraction of sp³-hybridized carbons (Fsp3) is 0.200. The molecule has 0 bridgehead atoms. The highest BCUT2D eigenvalue weighted by Crippen LogP contribution is 2.39. The van der Waals surface area contributed by atoms with Gasteiger partial charge in [-0.05, 0) is 47.0 Å². The molecule has 166 valence electrons. The Morgan fingerprint density at radius 3 is 2.52 bits per heavy atom. The Morgan fingerprint density at radius 2 is 1.85 bits per heavy atom. The Kier molecular flexibility index (Phi) is 5.51. The van der Waals surface area contributed by atoms with Crippen molar-refractivity contribution in [2.45, 2.75) is 25.9 Å². The number of carbonyl (C=O) groups is 2. The van der Waals surface area contributed by atoms with E-state index in [-0.39, 0.29) is 12.3 Å². The lowest BCUT2D eigenvalue weighted by molar-refractivity contribution is -0.129. The first-order chi connectivity index (χ1) is 16.0. The highest BCUT2D eigenvalue weighted by molar-refractivity contribution is 7.07. The van der Waals surface area contributed by atoms with Gasteiger partial charge in [0.25, 0.3) is 5.89 Å². The second kappa shape index (κ2) is 8.63. The predicted octanol–water partition coefficient (Wildman–Crippen LogP) is 4.35. The fourth-order valence-electron chi connectivity index (χ4n) is 4.21. The van der Waals surface area contributed by atoms with Crippen molar-refractivity contribution in [1.82, 2.24) is 15.0 Å². The van der Waals surface area contributed by atoms with Gasteiger partial charge in [-0.25, -0.2) is 0 Å². The molecular weight excluding hydrogens is 436 g/mol. The average Bonchev–Trinajstić information content (AvgIpc) is 3.56. The first kappa shape index (κ1) is 21.1. The van der Waals surface area contributed by atoms with Crippen LogP contribution in [0.3, 0.4) is 0 Å². The number of benzene rings is 2. The summed E-state index contributed by atoms with van der Waals surface area (Å²) in [7, 11) is 0. The zero-order valence-electron chi connectivity index (χ0n) is 18.0. The molecule has 0 saturated carbocycles. The summed E-state index contributed by atoms with van der Waals surface area (Å²) >= 11 is 1.58. The van der Waals surface area contributed by atoms with Gasteiger partial charge in [-0.3, -0.25) is 9.59 Å². The normalized spacial score (nSPS) is 18.1. The SMILES string of the molecule is Cc1ccc(-c2noc(-c3ccc(C4C(C(N)=O)CC(=O)N4Cc4ccsc4)cc3)n2)cc1. The number of nitrogens with zero attached hydrogens (tertiary/aromatic N) is 3. The highest BCUT2D eigenvalue weighted by Gasteiger charge is 2.43. The lowest BCUT2D eigenvalue weighted by Gasteiger charge is -2.27. The molecule has 0 radical (unpaired) electrons. The molecule has 2 N–H and O–H groups in total. The summed E-state index contributed by atoms with van der Waals surface area (Å²) in [5.74, 6) is -0.186. The van der Waals surface area contributed by atoms with E-state index in [1.165, 1.54) is 0 Å². The molecular formula is C25H22N4O3S. The second-order valence-electron chi connectivity index (χ2n) is 8.22. The van der Waals surface area contributed by atoms with Crippen LogP contribution in [0.25, 0.3) is 22.8 Å². The summed E-state index contributed by atoms with van der Waals surface area (Å²) < 4.78 is 5.47. The van der Waals surface area contributed by atoms with Crippen molar-refractivity contribution in [3.05, 3.63) is 82.0 Å². The van der Waals surface area contributed by atoms with Gasteiger partial charge in [-0.1, -0.05) is 47.1 Å². The van der Waals surface area contributed by atoms with Crippen LogP contribution in [0.4, 0.5) is 0 Å². The van der Waals surface area contributed by atoms with Gasteiger partial charge in [0.2, 0.25) is 17.6 Å². The summed E-state index contributed by atoms with van der Waals surface area (Å²) in [6, 6.07) is 17.0. The van der Waals surface area contributed by atoms with Crippen LogP contribution in [-0.4, -0.2) is 26.9 Å². The van der Waals surface area contributed by atoms with Gasteiger partial charge < -0.3 is 15.2 Å². The van der Waals surface area contributed by atoms with Crippen LogP contribution in [0, 0.1) is 12.8 Å². The molecule has 33 heavy (non-hydrogen) atoms. The number of aryl methyl sites for hydroxylation is 1. The van der Waals surface area contributed by atoms with Gasteiger partial charge in [0.05, 0.1) is 12.0 Å². The number of primary amides is 1. The molecule has 0 spiro atoms. The Hall–Kier alpha value is -3.78. The van der Waals surface area contributed by atoms with Gasteiger partial charge in [0, 0.05) is 24.1 Å². The topological polar surface area (TPSA) is 102 Å². The number of hydrogen-bond acceptors (Lipinski definition) is 6. The Bertz CT molecular complexity index is 1280. The minimum atomic E-state index is -0.571. The van der Waals surface area contributed by atoms with Crippen LogP contribution < -0.4 is 5.73 Å². The third-order valence-corrected chi connectivity index (χ3v) is 6.70. The van der Waals surface area contributed by atoms with E-state index in [9.17, 15) is 9.59 Å². The Labute approximate surface area is 194 Å². The average molecular weight is 459 g/mol. The molecule has 2 unspecified atom stereocenters. The van der Waals surface area contributed by atoms with E-state index in [0.717, 1.165) is 27.8 Å². The maximum Gasteiger partial charge on any atom is 0.258 e. The van der Waals surface area contributed by atoms with E-state index < -0.39 is 17.9 Å². The van der Waals surface area contributed by atoms with Gasteiger partial charge in [-0.15, -0.1) is 0 Å². The third-order valence-electron chi connectivity index (χ3n) is 5.97. The van der Waals surface area contributed by atoms with Crippen molar-refractivity contribution in [1.29, 1.82) is 0 Å². The summed E-state index contributed by atoms with van der Waals surface area (Å²) in [6.07, 6.45) is 0.120. The second-order valence-corrected chi connectivity index (χ2v) is 9.00. The van der Waals surface area contributed by atoms with E-state index in [4.69, 9.17) is 10.3 Å². The van der Waals surface area contributed by atoms with E-state index in [1.54, 1.807) is 16.2 Å². The van der Waals surface area contributed by atoms with Gasteiger partial charge in [0.1, 0.15) is 0 Å². The first-order valence-electron chi connectivity index (χ1n) is 10.6. The molecule has 7 nitrogen and oxygen atoms in total. The number of aromatic nitrogens is 2. The predicted molar refractivity (Wildman–Crippen MR) is 125 cm³/mol. The first-order valence-corrected chi connectivity index (χ1v) is 11.5. The number of thiophene rings is 1. The van der Waals surface area contributed by atoms with Gasteiger partial charge in [-0.2, -0.15) is 16.3 Å². The quantitative estimate of drug-likeness (QED) is 0.463.